The molecule has 1 aliphatic heterocycles. The molecule has 5 heteroatoms. The zero-order valence-electron chi connectivity index (χ0n) is 9.77. The summed E-state index contributed by atoms with van der Waals surface area (Å²) < 4.78 is 7.55. The highest BCUT2D eigenvalue weighted by atomic mass is 79.9. The zero-order chi connectivity index (χ0) is 11.5. The Morgan fingerprint density at radius 1 is 1.62 bits per heavy atom. The molecule has 0 saturated carbocycles. The van der Waals surface area contributed by atoms with Crippen LogP contribution in [-0.2, 0) is 18.3 Å². The fourth-order valence-corrected chi connectivity index (χ4v) is 2.34. The van der Waals surface area contributed by atoms with Gasteiger partial charge in [-0.3, -0.25) is 9.58 Å². The summed E-state index contributed by atoms with van der Waals surface area (Å²) in [5.74, 6) is 0. The van der Waals surface area contributed by atoms with Gasteiger partial charge in [-0.15, -0.1) is 0 Å². The Morgan fingerprint density at radius 3 is 3.06 bits per heavy atom. The first-order valence-electron chi connectivity index (χ1n) is 5.59. The number of halogens is 1. The first kappa shape index (κ1) is 12.1. The van der Waals surface area contributed by atoms with Crippen molar-refractivity contribution in [3.8, 4) is 0 Å². The molecule has 2 heterocycles. The molecule has 0 amide bonds. The molecule has 2 rings (SSSR count). The molecule has 1 aliphatic rings. The van der Waals surface area contributed by atoms with Crippen molar-refractivity contribution in [2.24, 2.45) is 7.05 Å². The van der Waals surface area contributed by atoms with Crippen LogP contribution in [0.5, 0.6) is 0 Å². The van der Waals surface area contributed by atoms with Crippen molar-refractivity contribution in [1.29, 1.82) is 0 Å². The third kappa shape index (κ3) is 2.84. The Balaban J connectivity index is 1.96. The Hall–Kier alpha value is -0.390. The SMILES string of the molecule is CC1COC(CBr)CN1Cc1ccn(C)n1. The Morgan fingerprint density at radius 2 is 2.44 bits per heavy atom. The molecule has 4 nitrogen and oxygen atoms in total. The van der Waals surface area contributed by atoms with Gasteiger partial charge in [-0.05, 0) is 13.0 Å². The Kier molecular flexibility index (Phi) is 4.00. The number of ether oxygens (including phenoxy) is 1. The molecule has 1 aromatic rings. The third-order valence-electron chi connectivity index (χ3n) is 2.94. The van der Waals surface area contributed by atoms with Crippen LogP contribution in [0.15, 0.2) is 12.3 Å². The van der Waals surface area contributed by atoms with Crippen molar-refractivity contribution in [2.45, 2.75) is 25.6 Å². The van der Waals surface area contributed by atoms with E-state index in [1.807, 2.05) is 17.9 Å². The van der Waals surface area contributed by atoms with Gasteiger partial charge in [0.2, 0.25) is 0 Å². The van der Waals surface area contributed by atoms with E-state index in [4.69, 9.17) is 4.74 Å². The summed E-state index contributed by atoms with van der Waals surface area (Å²) in [6, 6.07) is 2.54. The first-order chi connectivity index (χ1) is 7.69. The van der Waals surface area contributed by atoms with Gasteiger partial charge in [0.1, 0.15) is 0 Å². The maximum Gasteiger partial charge on any atom is 0.0799 e. The van der Waals surface area contributed by atoms with Gasteiger partial charge in [-0.1, -0.05) is 15.9 Å². The lowest BCUT2D eigenvalue weighted by Gasteiger charge is -2.37. The van der Waals surface area contributed by atoms with Crippen molar-refractivity contribution >= 4 is 15.9 Å². The first-order valence-corrected chi connectivity index (χ1v) is 6.71. The summed E-state index contributed by atoms with van der Waals surface area (Å²) >= 11 is 3.48. The average Bonchev–Trinajstić information content (AvgIpc) is 2.67. The smallest absolute Gasteiger partial charge is 0.0799 e. The van der Waals surface area contributed by atoms with Gasteiger partial charge in [0.15, 0.2) is 0 Å². The van der Waals surface area contributed by atoms with Gasteiger partial charge < -0.3 is 4.74 Å². The van der Waals surface area contributed by atoms with Crippen LogP contribution in [-0.4, -0.2) is 45.3 Å². The second-order valence-electron chi connectivity index (χ2n) is 4.37. The normalized spacial score (nSPS) is 27.2. The van der Waals surface area contributed by atoms with E-state index in [1.165, 1.54) is 0 Å². The molecule has 90 valence electrons. The second-order valence-corrected chi connectivity index (χ2v) is 5.02. The van der Waals surface area contributed by atoms with Gasteiger partial charge in [0.25, 0.3) is 0 Å². The highest BCUT2D eigenvalue weighted by Gasteiger charge is 2.25. The molecule has 0 N–H and O–H groups in total. The molecule has 1 saturated heterocycles. The summed E-state index contributed by atoms with van der Waals surface area (Å²) in [6.07, 6.45) is 2.29. The summed E-state index contributed by atoms with van der Waals surface area (Å²) in [6.45, 7) is 4.90. The van der Waals surface area contributed by atoms with Crippen molar-refractivity contribution in [3.63, 3.8) is 0 Å². The van der Waals surface area contributed by atoms with E-state index < -0.39 is 0 Å². The van der Waals surface area contributed by atoms with Crippen molar-refractivity contribution < 1.29 is 4.74 Å². The molecule has 0 aliphatic carbocycles. The number of aromatic nitrogens is 2. The topological polar surface area (TPSA) is 30.3 Å². The lowest BCUT2D eigenvalue weighted by Crippen LogP contribution is -2.48. The number of hydrogen-bond acceptors (Lipinski definition) is 3. The van der Waals surface area contributed by atoms with Gasteiger partial charge in [0, 0.05) is 37.7 Å². The average molecular weight is 288 g/mol. The van der Waals surface area contributed by atoms with Crippen LogP contribution in [0.3, 0.4) is 0 Å². The van der Waals surface area contributed by atoms with E-state index in [1.54, 1.807) is 0 Å². The molecule has 0 radical (unpaired) electrons. The number of nitrogens with zero attached hydrogens (tertiary/aromatic N) is 3. The van der Waals surface area contributed by atoms with Gasteiger partial charge in [-0.2, -0.15) is 5.10 Å². The van der Waals surface area contributed by atoms with Gasteiger partial charge in [0.05, 0.1) is 18.4 Å². The molecule has 2 unspecified atom stereocenters. The monoisotopic (exact) mass is 287 g/mol. The highest BCUT2D eigenvalue weighted by Crippen LogP contribution is 2.15. The maximum absolute atomic E-state index is 5.70. The fraction of sp³-hybridized carbons (Fsp3) is 0.727. The van der Waals surface area contributed by atoms with Crippen LogP contribution in [0.2, 0.25) is 0 Å². The molecular formula is C11H18BrN3O. The largest absolute Gasteiger partial charge is 0.374 e. The van der Waals surface area contributed by atoms with Crippen molar-refractivity contribution in [2.75, 3.05) is 18.5 Å². The maximum atomic E-state index is 5.70. The standard InChI is InChI=1S/C11H18BrN3O/c1-9-8-16-11(5-12)7-15(9)6-10-3-4-14(2)13-10/h3-4,9,11H,5-8H2,1-2H3. The number of alkyl halides is 1. The molecule has 1 fully saturated rings. The predicted molar refractivity (Wildman–Crippen MR) is 66.6 cm³/mol. The lowest BCUT2D eigenvalue weighted by molar-refractivity contribution is -0.0504. The predicted octanol–water partition coefficient (Wildman–Crippen LogP) is 1.40. The molecule has 2 atom stereocenters. The second kappa shape index (κ2) is 5.29. The van der Waals surface area contributed by atoms with Crippen molar-refractivity contribution in [1.82, 2.24) is 14.7 Å². The van der Waals surface area contributed by atoms with E-state index in [9.17, 15) is 0 Å². The lowest BCUT2D eigenvalue weighted by atomic mass is 10.2. The fourth-order valence-electron chi connectivity index (χ4n) is 1.94. The number of hydrogen-bond donors (Lipinski definition) is 0. The van der Waals surface area contributed by atoms with Crippen LogP contribution in [0.25, 0.3) is 0 Å². The third-order valence-corrected chi connectivity index (χ3v) is 3.66. The summed E-state index contributed by atoms with van der Waals surface area (Å²) in [5.41, 5.74) is 1.13. The number of rotatable bonds is 3. The van der Waals surface area contributed by atoms with E-state index >= 15 is 0 Å². The minimum atomic E-state index is 0.305. The van der Waals surface area contributed by atoms with E-state index in [2.05, 4.69) is 38.9 Å². The summed E-state index contributed by atoms with van der Waals surface area (Å²) in [7, 11) is 1.95. The van der Waals surface area contributed by atoms with E-state index in [0.717, 1.165) is 30.7 Å². The van der Waals surface area contributed by atoms with Crippen LogP contribution in [0.4, 0.5) is 0 Å². The van der Waals surface area contributed by atoms with Crippen LogP contribution < -0.4 is 0 Å². The van der Waals surface area contributed by atoms with Gasteiger partial charge >= 0.3 is 0 Å². The van der Waals surface area contributed by atoms with E-state index in [-0.39, 0.29) is 0 Å². The van der Waals surface area contributed by atoms with Gasteiger partial charge in [-0.25, -0.2) is 0 Å². The molecule has 1 aromatic heterocycles. The highest BCUT2D eigenvalue weighted by molar-refractivity contribution is 9.09. The van der Waals surface area contributed by atoms with E-state index in [0.29, 0.717) is 12.1 Å². The van der Waals surface area contributed by atoms with Crippen LogP contribution in [0, 0.1) is 0 Å². The number of aryl methyl sites for hydroxylation is 1. The zero-order valence-corrected chi connectivity index (χ0v) is 11.4. The Labute approximate surface area is 105 Å². The molecule has 0 aromatic carbocycles. The molecule has 16 heavy (non-hydrogen) atoms. The summed E-state index contributed by atoms with van der Waals surface area (Å²) in [5, 5.41) is 5.31. The molecule has 0 bridgehead atoms. The minimum absolute atomic E-state index is 0.305. The molecule has 0 spiro atoms. The summed E-state index contributed by atoms with van der Waals surface area (Å²) in [4.78, 5) is 2.43. The van der Waals surface area contributed by atoms with Crippen LogP contribution >= 0.6 is 15.9 Å². The number of morpholine rings is 1. The quantitative estimate of drug-likeness (QED) is 0.788. The van der Waals surface area contributed by atoms with Crippen LogP contribution in [0.1, 0.15) is 12.6 Å². The molecular weight excluding hydrogens is 270 g/mol. The minimum Gasteiger partial charge on any atom is -0.374 e. The Bertz CT molecular complexity index is 342. The van der Waals surface area contributed by atoms with Crippen molar-refractivity contribution in [3.05, 3.63) is 18.0 Å².